The predicted molar refractivity (Wildman–Crippen MR) is 158 cm³/mol. The molecule has 1 saturated heterocycles. The van der Waals surface area contributed by atoms with Gasteiger partial charge in [0, 0.05) is 48.2 Å². The van der Waals surface area contributed by atoms with Gasteiger partial charge in [0.25, 0.3) is 11.8 Å². The number of imide groups is 1. The van der Waals surface area contributed by atoms with Gasteiger partial charge < -0.3 is 9.88 Å². The van der Waals surface area contributed by atoms with Crippen molar-refractivity contribution in [2.24, 2.45) is 0 Å². The fourth-order valence-electron chi connectivity index (χ4n) is 6.48. The molecule has 2 aromatic heterocycles. The number of likely N-dealkylation sites (tertiary alicyclic amines) is 1. The van der Waals surface area contributed by atoms with Crippen LogP contribution in [-0.2, 0) is 24.1 Å². The molecule has 2 aromatic carbocycles. The molecule has 7 rings (SSSR count). The van der Waals surface area contributed by atoms with Gasteiger partial charge in [-0.15, -0.1) is 0 Å². The highest BCUT2D eigenvalue weighted by molar-refractivity contribution is 6.30. The van der Waals surface area contributed by atoms with Crippen LogP contribution in [0.5, 0.6) is 0 Å². The largest absolute Gasteiger partial charge is 0.348 e. The molecule has 9 heteroatoms. The number of nitrogens with one attached hydrogen (secondary N) is 1. The number of halogens is 1. The number of pyridine rings is 1. The van der Waals surface area contributed by atoms with E-state index in [1.807, 2.05) is 24.4 Å². The number of imidazole rings is 1. The molecule has 0 spiro atoms. The Kier molecular flexibility index (Phi) is 6.70. The SMILES string of the molecule is O=C(C(Cc1cnc[nH]1)N1C(=O)c2ccccc2C1=O)N1CCC(=C2c3ccc(Cl)cc3CCc3cccnc32)CC1. The number of rotatable bonds is 4. The second-order valence-electron chi connectivity index (χ2n) is 10.9. The van der Waals surface area contributed by atoms with E-state index in [0.29, 0.717) is 47.8 Å². The number of carbonyl (C=O) groups excluding carboxylic acids is 3. The molecule has 0 radical (unpaired) electrons. The van der Waals surface area contributed by atoms with Crippen molar-refractivity contribution in [1.29, 1.82) is 0 Å². The fourth-order valence-corrected chi connectivity index (χ4v) is 6.67. The monoisotopic (exact) mass is 577 g/mol. The number of hydrogen-bond acceptors (Lipinski definition) is 5. The topological polar surface area (TPSA) is 99.3 Å². The van der Waals surface area contributed by atoms with Crippen molar-refractivity contribution in [1.82, 2.24) is 24.8 Å². The maximum atomic E-state index is 14.1. The average Bonchev–Trinajstić information content (AvgIpc) is 3.58. The van der Waals surface area contributed by atoms with E-state index >= 15 is 0 Å². The Balaban J connectivity index is 1.20. The number of aromatic nitrogens is 3. The highest BCUT2D eigenvalue weighted by atomic mass is 35.5. The van der Waals surface area contributed by atoms with Gasteiger partial charge in [-0.25, -0.2) is 4.98 Å². The molecule has 0 saturated carbocycles. The van der Waals surface area contributed by atoms with Gasteiger partial charge in [-0.05, 0) is 72.7 Å². The highest BCUT2D eigenvalue weighted by Gasteiger charge is 2.44. The first kappa shape index (κ1) is 26.3. The molecule has 0 bridgehead atoms. The number of benzene rings is 2. The van der Waals surface area contributed by atoms with Crippen molar-refractivity contribution in [3.05, 3.63) is 123 Å². The predicted octanol–water partition coefficient (Wildman–Crippen LogP) is 4.89. The minimum absolute atomic E-state index is 0.167. The maximum absolute atomic E-state index is 14.1. The van der Waals surface area contributed by atoms with Gasteiger partial charge in [-0.2, -0.15) is 0 Å². The summed E-state index contributed by atoms with van der Waals surface area (Å²) in [5.74, 6) is -1.12. The molecule has 210 valence electrons. The third kappa shape index (κ3) is 4.52. The van der Waals surface area contributed by atoms with Gasteiger partial charge >= 0.3 is 0 Å². The molecular weight excluding hydrogens is 550 g/mol. The molecule has 4 heterocycles. The van der Waals surface area contributed by atoms with Gasteiger partial charge in [-0.1, -0.05) is 41.4 Å². The van der Waals surface area contributed by atoms with E-state index in [2.05, 4.69) is 22.1 Å². The lowest BCUT2D eigenvalue weighted by Gasteiger charge is -2.35. The summed E-state index contributed by atoms with van der Waals surface area (Å²) >= 11 is 6.38. The Morgan fingerprint density at radius 1 is 0.905 bits per heavy atom. The number of H-pyrrole nitrogens is 1. The summed E-state index contributed by atoms with van der Waals surface area (Å²) in [4.78, 5) is 55.7. The quantitative estimate of drug-likeness (QED) is 0.348. The molecule has 1 unspecified atom stereocenters. The van der Waals surface area contributed by atoms with Crippen molar-refractivity contribution < 1.29 is 14.4 Å². The van der Waals surface area contributed by atoms with Crippen LogP contribution >= 0.6 is 11.6 Å². The van der Waals surface area contributed by atoms with Crippen molar-refractivity contribution >= 4 is 34.9 Å². The zero-order valence-corrected chi connectivity index (χ0v) is 23.6. The van der Waals surface area contributed by atoms with Crippen LogP contribution in [0.15, 0.2) is 78.9 Å². The zero-order valence-electron chi connectivity index (χ0n) is 22.8. The van der Waals surface area contributed by atoms with Crippen LogP contribution in [0.25, 0.3) is 5.57 Å². The lowest BCUT2D eigenvalue weighted by atomic mass is 9.88. The first-order chi connectivity index (χ1) is 20.5. The molecule has 1 atom stereocenters. The number of piperidine rings is 1. The number of aryl methyl sites for hydroxylation is 2. The van der Waals surface area contributed by atoms with Crippen LogP contribution in [-0.4, -0.2) is 61.6 Å². The number of carbonyl (C=O) groups is 3. The molecule has 3 amide bonds. The number of aromatic amines is 1. The minimum atomic E-state index is -0.977. The van der Waals surface area contributed by atoms with E-state index in [9.17, 15) is 14.4 Å². The third-order valence-electron chi connectivity index (χ3n) is 8.55. The summed E-state index contributed by atoms with van der Waals surface area (Å²) in [6.45, 7) is 0.955. The number of amides is 3. The molecule has 1 N–H and O–H groups in total. The third-order valence-corrected chi connectivity index (χ3v) is 8.79. The van der Waals surface area contributed by atoms with Gasteiger partial charge in [0.15, 0.2) is 0 Å². The van der Waals surface area contributed by atoms with Crippen molar-refractivity contribution in [2.75, 3.05) is 13.1 Å². The van der Waals surface area contributed by atoms with E-state index in [1.165, 1.54) is 23.0 Å². The van der Waals surface area contributed by atoms with Crippen LogP contribution in [0, 0.1) is 0 Å². The average molecular weight is 578 g/mol. The van der Waals surface area contributed by atoms with Crippen LogP contribution in [0.1, 0.15) is 61.6 Å². The lowest BCUT2D eigenvalue weighted by Crippen LogP contribution is -2.53. The lowest BCUT2D eigenvalue weighted by molar-refractivity contribution is -0.135. The van der Waals surface area contributed by atoms with Crippen LogP contribution < -0.4 is 0 Å². The molecule has 4 aromatic rings. The first-order valence-electron chi connectivity index (χ1n) is 14.2. The van der Waals surface area contributed by atoms with Crippen molar-refractivity contribution in [3.8, 4) is 0 Å². The van der Waals surface area contributed by atoms with E-state index in [-0.39, 0.29) is 12.3 Å². The summed E-state index contributed by atoms with van der Waals surface area (Å²) in [6.07, 6.45) is 8.25. The molecule has 8 nitrogen and oxygen atoms in total. The van der Waals surface area contributed by atoms with E-state index in [0.717, 1.165) is 34.6 Å². The number of hydrogen-bond donors (Lipinski definition) is 1. The second kappa shape index (κ2) is 10.7. The van der Waals surface area contributed by atoms with Gasteiger partial charge in [0.1, 0.15) is 6.04 Å². The Morgan fingerprint density at radius 3 is 2.36 bits per heavy atom. The fraction of sp³-hybridized carbons (Fsp3) is 0.242. The molecular formula is C33H28ClN5O3. The van der Waals surface area contributed by atoms with Crippen molar-refractivity contribution in [2.45, 2.75) is 38.1 Å². The van der Waals surface area contributed by atoms with E-state index in [4.69, 9.17) is 16.6 Å². The second-order valence-corrected chi connectivity index (χ2v) is 11.4. The Bertz CT molecular complexity index is 1720. The molecule has 1 aliphatic carbocycles. The highest BCUT2D eigenvalue weighted by Crippen LogP contribution is 2.39. The van der Waals surface area contributed by atoms with Gasteiger partial charge in [0.05, 0.1) is 23.1 Å². The minimum Gasteiger partial charge on any atom is -0.348 e. The molecule has 42 heavy (non-hydrogen) atoms. The van der Waals surface area contributed by atoms with Gasteiger partial charge in [-0.3, -0.25) is 24.3 Å². The Labute approximate surface area is 248 Å². The van der Waals surface area contributed by atoms with Gasteiger partial charge in [0.2, 0.25) is 5.91 Å². The summed E-state index contributed by atoms with van der Waals surface area (Å²) in [5, 5.41) is 0.717. The summed E-state index contributed by atoms with van der Waals surface area (Å²) < 4.78 is 0. The van der Waals surface area contributed by atoms with Crippen LogP contribution in [0.2, 0.25) is 5.02 Å². The maximum Gasteiger partial charge on any atom is 0.262 e. The summed E-state index contributed by atoms with van der Waals surface area (Å²) in [6, 6.07) is 15.9. The first-order valence-corrected chi connectivity index (χ1v) is 14.6. The molecule has 3 aliphatic rings. The molecule has 2 aliphatic heterocycles. The molecule has 1 fully saturated rings. The normalized spacial score (nSPS) is 17.1. The standard InChI is InChI=1S/C33H28ClN5O3/c34-23-9-10-25-22(16-23)8-7-21-4-3-13-36-30(21)29(25)20-11-14-38(15-12-20)33(42)28(17-24-18-35-19-37-24)39-31(40)26-5-1-2-6-27(26)32(39)41/h1-6,9-10,13,16,18-19,28H,7-8,11-12,14-15,17H2,(H,35,37). The van der Waals surface area contributed by atoms with E-state index in [1.54, 1.807) is 35.4 Å². The number of fused-ring (bicyclic) bond motifs is 3. The summed E-state index contributed by atoms with van der Waals surface area (Å²) in [7, 11) is 0. The van der Waals surface area contributed by atoms with E-state index < -0.39 is 17.9 Å². The Morgan fingerprint density at radius 2 is 1.64 bits per heavy atom. The van der Waals surface area contributed by atoms with Crippen LogP contribution in [0.3, 0.4) is 0 Å². The zero-order chi connectivity index (χ0) is 28.8. The van der Waals surface area contributed by atoms with Crippen LogP contribution in [0.4, 0.5) is 0 Å². The number of nitrogens with zero attached hydrogens (tertiary/aromatic N) is 4. The summed E-state index contributed by atoms with van der Waals surface area (Å²) in [5.41, 5.74) is 8.27. The Hall–Kier alpha value is -4.56. The smallest absolute Gasteiger partial charge is 0.262 e. The van der Waals surface area contributed by atoms with Crippen molar-refractivity contribution in [3.63, 3.8) is 0 Å².